The summed E-state index contributed by atoms with van der Waals surface area (Å²) < 4.78 is 34.0. The maximum Gasteiger partial charge on any atom is 0.279 e. The van der Waals surface area contributed by atoms with E-state index in [0.29, 0.717) is 44.8 Å². The second-order valence-electron chi connectivity index (χ2n) is 5.75. The molecule has 1 aliphatic carbocycles. The third kappa shape index (κ3) is 4.66. The first-order valence-corrected chi connectivity index (χ1v) is 9.12. The van der Waals surface area contributed by atoms with E-state index < -0.39 is 10.2 Å². The van der Waals surface area contributed by atoms with Crippen LogP contribution >= 0.6 is 0 Å². The monoisotopic (exact) mass is 305 g/mol. The minimum Gasteiger partial charge on any atom is -0.377 e. The van der Waals surface area contributed by atoms with Gasteiger partial charge in [0.25, 0.3) is 10.2 Å². The topological polar surface area (TPSA) is 84.7 Å². The predicted molar refractivity (Wildman–Crippen MR) is 78.5 cm³/mol. The molecule has 0 atom stereocenters. The van der Waals surface area contributed by atoms with Crippen molar-refractivity contribution in [3.63, 3.8) is 0 Å². The molecule has 7 heteroatoms. The van der Waals surface area contributed by atoms with Gasteiger partial charge in [-0.05, 0) is 38.1 Å². The fourth-order valence-corrected chi connectivity index (χ4v) is 4.14. The van der Waals surface area contributed by atoms with Gasteiger partial charge in [-0.25, -0.2) is 0 Å². The Morgan fingerprint density at radius 3 is 2.40 bits per heavy atom. The van der Waals surface area contributed by atoms with Crippen LogP contribution in [0.15, 0.2) is 0 Å². The summed E-state index contributed by atoms with van der Waals surface area (Å²) >= 11 is 0. The van der Waals surface area contributed by atoms with E-state index in [1.807, 2.05) is 0 Å². The summed E-state index contributed by atoms with van der Waals surface area (Å²) in [7, 11) is -3.35. The lowest BCUT2D eigenvalue weighted by molar-refractivity contribution is 0.0624. The molecule has 3 N–H and O–H groups in total. The van der Waals surface area contributed by atoms with Crippen molar-refractivity contribution in [2.24, 2.45) is 11.7 Å². The van der Waals surface area contributed by atoms with E-state index in [9.17, 15) is 8.42 Å². The molecule has 0 amide bonds. The standard InChI is InChI=1S/C13H27N3O3S/c14-11-12-5-8-16(9-6-12)20(17,18)15-7-10-19-13-3-1-2-4-13/h12-13,15H,1-11,14H2. The molecule has 0 spiro atoms. The number of ether oxygens (including phenoxy) is 1. The Kier molecular flexibility index (Phi) is 6.22. The van der Waals surface area contributed by atoms with E-state index in [4.69, 9.17) is 10.5 Å². The molecular formula is C13H27N3O3S. The van der Waals surface area contributed by atoms with E-state index in [1.165, 1.54) is 17.1 Å². The fraction of sp³-hybridized carbons (Fsp3) is 1.00. The smallest absolute Gasteiger partial charge is 0.279 e. The number of nitrogens with two attached hydrogens (primary N) is 1. The van der Waals surface area contributed by atoms with Gasteiger partial charge in [-0.2, -0.15) is 17.4 Å². The highest BCUT2D eigenvalue weighted by Gasteiger charge is 2.27. The number of hydrogen-bond acceptors (Lipinski definition) is 4. The molecule has 0 aromatic rings. The van der Waals surface area contributed by atoms with Crippen LogP contribution in [0.1, 0.15) is 38.5 Å². The van der Waals surface area contributed by atoms with Gasteiger partial charge in [-0.15, -0.1) is 0 Å². The van der Waals surface area contributed by atoms with Crippen molar-refractivity contribution in [1.82, 2.24) is 9.03 Å². The van der Waals surface area contributed by atoms with Crippen molar-refractivity contribution in [2.45, 2.75) is 44.6 Å². The zero-order chi connectivity index (χ0) is 14.4. The van der Waals surface area contributed by atoms with Crippen LogP contribution in [0.25, 0.3) is 0 Å². The Balaban J connectivity index is 1.65. The second-order valence-corrected chi connectivity index (χ2v) is 7.51. The summed E-state index contributed by atoms with van der Waals surface area (Å²) in [6, 6.07) is 0. The quantitative estimate of drug-likeness (QED) is 0.669. The Labute approximate surface area is 122 Å². The van der Waals surface area contributed by atoms with E-state index in [0.717, 1.165) is 25.7 Å². The maximum absolute atomic E-state index is 12.1. The largest absolute Gasteiger partial charge is 0.377 e. The first-order chi connectivity index (χ1) is 9.62. The zero-order valence-electron chi connectivity index (χ0n) is 12.1. The molecule has 0 aromatic heterocycles. The maximum atomic E-state index is 12.1. The SMILES string of the molecule is NCC1CCN(S(=O)(=O)NCCOC2CCCC2)CC1. The summed E-state index contributed by atoms with van der Waals surface area (Å²) in [6.07, 6.45) is 6.73. The van der Waals surface area contributed by atoms with Crippen LogP contribution in [-0.2, 0) is 14.9 Å². The lowest BCUT2D eigenvalue weighted by Crippen LogP contribution is -2.46. The number of rotatable bonds is 7. The molecule has 0 unspecified atom stereocenters. The first kappa shape index (κ1) is 16.2. The minimum absolute atomic E-state index is 0.333. The van der Waals surface area contributed by atoms with Crippen molar-refractivity contribution < 1.29 is 13.2 Å². The van der Waals surface area contributed by atoms with Gasteiger partial charge in [0, 0.05) is 19.6 Å². The van der Waals surface area contributed by atoms with Gasteiger partial charge in [0.2, 0.25) is 0 Å². The van der Waals surface area contributed by atoms with Crippen LogP contribution in [0.3, 0.4) is 0 Å². The van der Waals surface area contributed by atoms with Gasteiger partial charge in [-0.1, -0.05) is 12.8 Å². The summed E-state index contributed by atoms with van der Waals surface area (Å²) in [5.74, 6) is 0.465. The Bertz CT molecular complexity index is 374. The average molecular weight is 305 g/mol. The predicted octanol–water partition coefficient (Wildman–Crippen LogP) is 0.451. The Morgan fingerprint density at radius 2 is 1.80 bits per heavy atom. The van der Waals surface area contributed by atoms with Crippen LogP contribution in [0.4, 0.5) is 0 Å². The molecule has 2 rings (SSSR count). The molecule has 0 radical (unpaired) electrons. The van der Waals surface area contributed by atoms with Crippen LogP contribution in [0.5, 0.6) is 0 Å². The van der Waals surface area contributed by atoms with Gasteiger partial charge >= 0.3 is 0 Å². The van der Waals surface area contributed by atoms with E-state index in [1.54, 1.807) is 0 Å². The van der Waals surface area contributed by atoms with Crippen LogP contribution in [-0.4, -0.2) is 51.6 Å². The van der Waals surface area contributed by atoms with Gasteiger partial charge < -0.3 is 10.5 Å². The second kappa shape index (κ2) is 7.70. The summed E-state index contributed by atoms with van der Waals surface area (Å²) in [5.41, 5.74) is 5.62. The van der Waals surface area contributed by atoms with Crippen LogP contribution in [0, 0.1) is 5.92 Å². The highest BCUT2D eigenvalue weighted by atomic mass is 32.2. The first-order valence-electron chi connectivity index (χ1n) is 7.68. The normalized spacial score (nSPS) is 23.4. The molecule has 1 saturated carbocycles. The molecule has 1 aliphatic heterocycles. The lowest BCUT2D eigenvalue weighted by atomic mass is 9.99. The van der Waals surface area contributed by atoms with Crippen molar-refractivity contribution in [3.8, 4) is 0 Å². The number of hydrogen-bond donors (Lipinski definition) is 2. The molecule has 2 aliphatic rings. The molecule has 118 valence electrons. The lowest BCUT2D eigenvalue weighted by Gasteiger charge is -2.30. The molecule has 6 nitrogen and oxygen atoms in total. The number of piperidine rings is 1. The molecule has 1 heterocycles. The molecule has 20 heavy (non-hydrogen) atoms. The Morgan fingerprint density at radius 1 is 1.15 bits per heavy atom. The molecule has 1 saturated heterocycles. The Hall–Kier alpha value is -0.210. The van der Waals surface area contributed by atoms with Gasteiger partial charge in [0.15, 0.2) is 0 Å². The third-order valence-corrected chi connectivity index (χ3v) is 5.90. The van der Waals surface area contributed by atoms with Crippen molar-refractivity contribution in [2.75, 3.05) is 32.8 Å². The average Bonchev–Trinajstić information content (AvgIpc) is 2.97. The molecular weight excluding hydrogens is 278 g/mol. The molecule has 0 bridgehead atoms. The van der Waals surface area contributed by atoms with Gasteiger partial charge in [-0.3, -0.25) is 0 Å². The molecule has 2 fully saturated rings. The highest BCUT2D eigenvalue weighted by molar-refractivity contribution is 7.87. The summed E-state index contributed by atoms with van der Waals surface area (Å²) in [5, 5.41) is 0. The minimum atomic E-state index is -3.35. The highest BCUT2D eigenvalue weighted by Crippen LogP contribution is 2.20. The van der Waals surface area contributed by atoms with Crippen molar-refractivity contribution >= 4 is 10.2 Å². The molecule has 0 aromatic carbocycles. The third-order valence-electron chi connectivity index (χ3n) is 4.29. The van der Waals surface area contributed by atoms with E-state index >= 15 is 0 Å². The summed E-state index contributed by atoms with van der Waals surface area (Å²) in [6.45, 7) is 2.61. The van der Waals surface area contributed by atoms with Crippen molar-refractivity contribution in [3.05, 3.63) is 0 Å². The van der Waals surface area contributed by atoms with Gasteiger partial charge in [0.1, 0.15) is 0 Å². The van der Waals surface area contributed by atoms with Crippen LogP contribution in [0.2, 0.25) is 0 Å². The van der Waals surface area contributed by atoms with Crippen LogP contribution < -0.4 is 10.5 Å². The van der Waals surface area contributed by atoms with Crippen molar-refractivity contribution in [1.29, 1.82) is 0 Å². The zero-order valence-corrected chi connectivity index (χ0v) is 12.9. The van der Waals surface area contributed by atoms with Gasteiger partial charge in [0.05, 0.1) is 12.7 Å². The summed E-state index contributed by atoms with van der Waals surface area (Å²) in [4.78, 5) is 0. The van der Waals surface area contributed by atoms with E-state index in [-0.39, 0.29) is 0 Å². The van der Waals surface area contributed by atoms with E-state index in [2.05, 4.69) is 4.72 Å². The fourth-order valence-electron chi connectivity index (χ4n) is 2.93. The number of nitrogens with zero attached hydrogens (tertiary/aromatic N) is 1. The number of nitrogens with one attached hydrogen (secondary N) is 1.